The molecule has 8 heteroatoms. The molecule has 0 aliphatic carbocycles. The highest BCUT2D eigenvalue weighted by molar-refractivity contribution is 5.69. The first-order chi connectivity index (χ1) is 25.1. The Kier molecular flexibility index (Phi) is 35.0. The first-order valence-corrected chi connectivity index (χ1v) is 20.5. The van der Waals surface area contributed by atoms with Crippen molar-refractivity contribution >= 4 is 11.9 Å². The van der Waals surface area contributed by atoms with Gasteiger partial charge in [-0.1, -0.05) is 178 Å². The zero-order chi connectivity index (χ0) is 38.5. The van der Waals surface area contributed by atoms with Crippen LogP contribution in [0.4, 0.5) is 0 Å². The highest BCUT2D eigenvalue weighted by Gasteiger charge is 2.15. The van der Waals surface area contributed by atoms with Crippen molar-refractivity contribution in [2.24, 2.45) is 5.92 Å². The van der Waals surface area contributed by atoms with Gasteiger partial charge in [0.05, 0.1) is 18.3 Å². The third-order valence-corrected chi connectivity index (χ3v) is 8.79. The van der Waals surface area contributed by atoms with Crippen LogP contribution in [0, 0.1) is 5.92 Å². The number of esters is 2. The molecule has 0 aromatic carbocycles. The molecule has 0 aromatic rings. The van der Waals surface area contributed by atoms with Crippen LogP contribution in [0.15, 0.2) is 60.8 Å². The number of hydrogen-bond donors (Lipinski definition) is 4. The molecule has 0 saturated heterocycles. The molecule has 4 atom stereocenters. The van der Waals surface area contributed by atoms with Gasteiger partial charge in [0, 0.05) is 12.8 Å². The molecule has 8 nitrogen and oxygen atoms in total. The van der Waals surface area contributed by atoms with Crippen molar-refractivity contribution in [3.05, 3.63) is 60.8 Å². The number of hydrogen-bond acceptors (Lipinski definition) is 8. The first-order valence-electron chi connectivity index (χ1n) is 20.5. The van der Waals surface area contributed by atoms with E-state index in [0.717, 1.165) is 31.6 Å². The summed E-state index contributed by atoms with van der Waals surface area (Å²) in [6, 6.07) is 0. The van der Waals surface area contributed by atoms with Crippen LogP contribution in [0.25, 0.3) is 0 Å². The number of unbranched alkanes of at least 4 members (excludes halogenated alkanes) is 14. The summed E-state index contributed by atoms with van der Waals surface area (Å²) in [5, 5.41) is 40.1. The molecule has 0 spiro atoms. The van der Waals surface area contributed by atoms with Gasteiger partial charge >= 0.3 is 11.9 Å². The smallest absolute Gasteiger partial charge is 0.305 e. The SMILES string of the molecule is CC/C=C\C[C@@H](O)/C=C/C=C/C=C\C=C/[C@H](O)[C@@H](O)CCCC(=O)OC[C@H](O)COC(=O)CCCCCCCCCCCCCCCCCC(C)C. The second-order valence-corrected chi connectivity index (χ2v) is 14.4. The van der Waals surface area contributed by atoms with Gasteiger partial charge in [0.25, 0.3) is 0 Å². The van der Waals surface area contributed by atoms with Crippen LogP contribution < -0.4 is 0 Å². The molecular weight excluding hydrogens is 656 g/mol. The van der Waals surface area contributed by atoms with Crippen LogP contribution in [0.3, 0.4) is 0 Å². The van der Waals surface area contributed by atoms with Gasteiger partial charge in [-0.2, -0.15) is 0 Å². The van der Waals surface area contributed by atoms with E-state index in [2.05, 4.69) is 13.8 Å². The molecule has 0 heterocycles. The second-order valence-electron chi connectivity index (χ2n) is 14.4. The number of allylic oxidation sites excluding steroid dienone is 7. The lowest BCUT2D eigenvalue weighted by Gasteiger charge is -2.14. The molecule has 0 bridgehead atoms. The molecule has 0 aliphatic rings. The summed E-state index contributed by atoms with van der Waals surface area (Å²) < 4.78 is 10.2. The molecule has 0 aliphatic heterocycles. The summed E-state index contributed by atoms with van der Waals surface area (Å²) in [7, 11) is 0. The van der Waals surface area contributed by atoms with E-state index in [-0.39, 0.29) is 32.0 Å². The zero-order valence-corrected chi connectivity index (χ0v) is 33.1. The Hall–Kier alpha value is -2.52. The summed E-state index contributed by atoms with van der Waals surface area (Å²) >= 11 is 0. The average Bonchev–Trinajstić information content (AvgIpc) is 3.11. The first kappa shape index (κ1) is 49.5. The Morgan fingerprint density at radius 1 is 0.538 bits per heavy atom. The Morgan fingerprint density at radius 3 is 1.48 bits per heavy atom. The van der Waals surface area contributed by atoms with E-state index in [1.165, 1.54) is 89.5 Å². The van der Waals surface area contributed by atoms with Crippen molar-refractivity contribution in [1.29, 1.82) is 0 Å². The average molecular weight is 733 g/mol. The fraction of sp³-hybridized carbons (Fsp3) is 0.727. The van der Waals surface area contributed by atoms with E-state index in [1.54, 1.807) is 42.5 Å². The Balaban J connectivity index is 3.74. The number of aliphatic hydroxyl groups is 4. The van der Waals surface area contributed by atoms with Gasteiger partial charge in [0.1, 0.15) is 19.3 Å². The molecular formula is C44H76O8. The molecule has 0 unspecified atom stereocenters. The minimum atomic E-state index is -1.09. The van der Waals surface area contributed by atoms with Gasteiger partial charge in [-0.05, 0) is 38.0 Å². The molecule has 0 aromatic heterocycles. The predicted molar refractivity (Wildman–Crippen MR) is 214 cm³/mol. The Morgan fingerprint density at radius 2 is 0.981 bits per heavy atom. The van der Waals surface area contributed by atoms with Crippen LogP contribution in [0.2, 0.25) is 0 Å². The topological polar surface area (TPSA) is 134 Å². The lowest BCUT2D eigenvalue weighted by Crippen LogP contribution is -2.26. The monoisotopic (exact) mass is 733 g/mol. The molecule has 0 amide bonds. The number of rotatable bonds is 35. The maximum absolute atomic E-state index is 12.0. The molecule has 0 rings (SSSR count). The molecule has 300 valence electrons. The third-order valence-electron chi connectivity index (χ3n) is 8.79. The van der Waals surface area contributed by atoms with Crippen LogP contribution >= 0.6 is 0 Å². The lowest BCUT2D eigenvalue weighted by molar-refractivity contribution is -0.152. The molecule has 4 N–H and O–H groups in total. The summed E-state index contributed by atoms with van der Waals surface area (Å²) in [6.45, 7) is 6.16. The fourth-order valence-corrected chi connectivity index (χ4v) is 5.55. The number of ether oxygens (including phenoxy) is 2. The van der Waals surface area contributed by atoms with Gasteiger partial charge in [0.2, 0.25) is 0 Å². The van der Waals surface area contributed by atoms with E-state index >= 15 is 0 Å². The fourth-order valence-electron chi connectivity index (χ4n) is 5.55. The lowest BCUT2D eigenvalue weighted by atomic mass is 10.0. The zero-order valence-electron chi connectivity index (χ0n) is 33.1. The number of carbonyl (C=O) groups excluding carboxylic acids is 2. The van der Waals surface area contributed by atoms with Crippen LogP contribution in [-0.2, 0) is 19.1 Å². The van der Waals surface area contributed by atoms with Crippen molar-refractivity contribution in [1.82, 2.24) is 0 Å². The highest BCUT2D eigenvalue weighted by Crippen LogP contribution is 2.15. The second kappa shape index (κ2) is 36.8. The Bertz CT molecular complexity index is 983. The van der Waals surface area contributed by atoms with Crippen LogP contribution in [0.5, 0.6) is 0 Å². The van der Waals surface area contributed by atoms with Gasteiger partial charge in [0.15, 0.2) is 0 Å². The molecule has 0 radical (unpaired) electrons. The summed E-state index contributed by atoms with van der Waals surface area (Å²) in [4.78, 5) is 24.0. The molecule has 52 heavy (non-hydrogen) atoms. The van der Waals surface area contributed by atoms with Gasteiger partial charge in [-0.15, -0.1) is 0 Å². The largest absolute Gasteiger partial charge is 0.463 e. The third kappa shape index (κ3) is 35.9. The van der Waals surface area contributed by atoms with Gasteiger partial charge in [-0.3, -0.25) is 9.59 Å². The van der Waals surface area contributed by atoms with E-state index < -0.39 is 30.4 Å². The standard InChI is InChI=1S/C44H76O8/c1-4-5-23-30-39(45)31-25-20-17-18-21-26-32-41(47)42(48)33-28-35-44(50)52-37-40(46)36-51-43(49)34-27-22-16-14-12-10-8-6-7-9-11-13-15-19-24-29-38(2)3/h5,17-18,20-21,23,25-26,31-32,38-42,45-48H,4,6-16,19,22,24,27-30,33-37H2,1-3H3/b20-17+,21-18-,23-5-,31-25+,32-26-/t39-,40-,41+,42+/m1/s1. The van der Waals surface area contributed by atoms with E-state index in [4.69, 9.17) is 9.47 Å². The minimum Gasteiger partial charge on any atom is -0.463 e. The van der Waals surface area contributed by atoms with Crippen LogP contribution in [0.1, 0.15) is 162 Å². The normalized spacial score (nSPS) is 14.8. The highest BCUT2D eigenvalue weighted by atomic mass is 16.6. The number of carbonyl (C=O) groups is 2. The van der Waals surface area contributed by atoms with Crippen molar-refractivity contribution in [2.45, 2.75) is 186 Å². The minimum absolute atomic E-state index is 0.0284. The maximum Gasteiger partial charge on any atom is 0.305 e. The van der Waals surface area contributed by atoms with Crippen molar-refractivity contribution in [2.75, 3.05) is 13.2 Å². The maximum atomic E-state index is 12.0. The summed E-state index contributed by atoms with van der Waals surface area (Å²) in [6.07, 6.45) is 36.6. The van der Waals surface area contributed by atoms with Crippen molar-refractivity contribution < 1.29 is 39.5 Å². The Labute approximate surface area is 317 Å². The van der Waals surface area contributed by atoms with Crippen molar-refractivity contribution in [3.8, 4) is 0 Å². The summed E-state index contributed by atoms with van der Waals surface area (Å²) in [5.74, 6) is -0.0463. The van der Waals surface area contributed by atoms with Gasteiger partial charge in [-0.25, -0.2) is 0 Å². The van der Waals surface area contributed by atoms with E-state index in [0.29, 0.717) is 19.3 Å². The van der Waals surface area contributed by atoms with E-state index in [9.17, 15) is 30.0 Å². The quantitative estimate of drug-likeness (QED) is 0.0219. The number of aliphatic hydroxyl groups excluding tert-OH is 4. The predicted octanol–water partition coefficient (Wildman–Crippen LogP) is 9.56. The van der Waals surface area contributed by atoms with Gasteiger partial charge < -0.3 is 29.9 Å². The molecule has 0 saturated carbocycles. The summed E-state index contributed by atoms with van der Waals surface area (Å²) in [5.41, 5.74) is 0. The van der Waals surface area contributed by atoms with Crippen molar-refractivity contribution in [3.63, 3.8) is 0 Å². The van der Waals surface area contributed by atoms with Crippen LogP contribution in [-0.4, -0.2) is 70.0 Å². The van der Waals surface area contributed by atoms with E-state index in [1.807, 2.05) is 19.1 Å². The molecule has 0 fully saturated rings.